The quantitative estimate of drug-likeness (QED) is 0.819. The van der Waals surface area contributed by atoms with Gasteiger partial charge in [-0.05, 0) is 37.1 Å². The molecule has 0 spiro atoms. The Morgan fingerprint density at radius 2 is 2.22 bits per heavy atom. The number of alkyl halides is 1. The van der Waals surface area contributed by atoms with E-state index in [-0.39, 0.29) is 22.7 Å². The predicted molar refractivity (Wildman–Crippen MR) is 69.2 cm³/mol. The zero-order valence-corrected chi connectivity index (χ0v) is 11.3. The van der Waals surface area contributed by atoms with Crippen LogP contribution in [-0.4, -0.2) is 26.2 Å². The van der Waals surface area contributed by atoms with Crippen LogP contribution in [0.5, 0.6) is 0 Å². The monoisotopic (exact) mass is 288 g/mol. The van der Waals surface area contributed by atoms with Gasteiger partial charge in [-0.25, -0.2) is 13.6 Å². The first-order valence-electron chi connectivity index (χ1n) is 5.38. The largest absolute Gasteiger partial charge is 0.308 e. The van der Waals surface area contributed by atoms with Gasteiger partial charge in [0, 0.05) is 11.7 Å². The van der Waals surface area contributed by atoms with Crippen molar-refractivity contribution >= 4 is 33.2 Å². The van der Waals surface area contributed by atoms with Crippen molar-refractivity contribution in [1.82, 2.24) is 0 Å². The summed E-state index contributed by atoms with van der Waals surface area (Å²) < 4.78 is 22.5. The van der Waals surface area contributed by atoms with Gasteiger partial charge in [-0.1, -0.05) is 0 Å². The van der Waals surface area contributed by atoms with Crippen molar-refractivity contribution in [3.63, 3.8) is 0 Å². The molecule has 0 aromatic heterocycles. The molecule has 1 atom stereocenters. The Labute approximate surface area is 111 Å². The highest BCUT2D eigenvalue weighted by Crippen LogP contribution is 2.33. The fourth-order valence-corrected chi connectivity index (χ4v) is 2.92. The number of anilines is 1. The van der Waals surface area contributed by atoms with Gasteiger partial charge in [-0.3, -0.25) is 4.79 Å². The van der Waals surface area contributed by atoms with Gasteiger partial charge in [0.25, 0.3) is 0 Å². The summed E-state index contributed by atoms with van der Waals surface area (Å²) in [6.07, 6.45) is 0.599. The highest BCUT2D eigenvalue weighted by atomic mass is 35.5. The molecule has 1 aromatic rings. The summed E-state index contributed by atoms with van der Waals surface area (Å²) >= 11 is 5.56. The molecule has 1 aliphatic heterocycles. The molecule has 0 aliphatic carbocycles. The van der Waals surface area contributed by atoms with Gasteiger partial charge in [0.05, 0.1) is 4.90 Å². The Morgan fingerprint density at radius 1 is 1.56 bits per heavy atom. The Kier molecular flexibility index (Phi) is 3.35. The van der Waals surface area contributed by atoms with Crippen LogP contribution in [0.15, 0.2) is 23.1 Å². The summed E-state index contributed by atoms with van der Waals surface area (Å²) in [7, 11) is -3.71. The molecule has 98 valence electrons. The second-order valence-corrected chi connectivity index (χ2v) is 6.11. The zero-order chi connectivity index (χ0) is 13.5. The van der Waals surface area contributed by atoms with Crippen molar-refractivity contribution in [3.8, 4) is 0 Å². The molecule has 0 fully saturated rings. The van der Waals surface area contributed by atoms with Gasteiger partial charge in [0.1, 0.15) is 5.88 Å². The van der Waals surface area contributed by atoms with Crippen LogP contribution in [0, 0.1) is 0 Å². The summed E-state index contributed by atoms with van der Waals surface area (Å²) in [6, 6.07) is 4.49. The summed E-state index contributed by atoms with van der Waals surface area (Å²) in [6.45, 7) is 1.89. The van der Waals surface area contributed by atoms with E-state index >= 15 is 0 Å². The van der Waals surface area contributed by atoms with Gasteiger partial charge in [-0.2, -0.15) is 0 Å². The van der Waals surface area contributed by atoms with Gasteiger partial charge in [0.2, 0.25) is 15.9 Å². The van der Waals surface area contributed by atoms with Crippen LogP contribution in [0.2, 0.25) is 0 Å². The van der Waals surface area contributed by atoms with Gasteiger partial charge in [0.15, 0.2) is 0 Å². The molecule has 0 saturated heterocycles. The fraction of sp³-hybridized carbons (Fsp3) is 0.364. The summed E-state index contributed by atoms with van der Waals surface area (Å²) in [5.74, 6) is -0.285. The van der Waals surface area contributed by atoms with Crippen molar-refractivity contribution in [1.29, 1.82) is 0 Å². The van der Waals surface area contributed by atoms with Crippen LogP contribution in [0.4, 0.5) is 5.69 Å². The molecular weight excluding hydrogens is 276 g/mol. The van der Waals surface area contributed by atoms with E-state index in [1.165, 1.54) is 12.1 Å². The highest BCUT2D eigenvalue weighted by molar-refractivity contribution is 7.89. The molecule has 1 heterocycles. The molecule has 0 radical (unpaired) electrons. The van der Waals surface area contributed by atoms with Crippen molar-refractivity contribution in [3.05, 3.63) is 23.8 Å². The standard InChI is InChI=1S/C11H13ClN2O3S/c1-7-4-8-5-9(18(13,16)17)2-3-10(8)14(7)11(15)6-12/h2-3,5,7H,4,6H2,1H3,(H2,13,16,17). The Balaban J connectivity index is 2.48. The molecule has 1 aromatic carbocycles. The third kappa shape index (κ3) is 2.23. The first-order chi connectivity index (χ1) is 8.34. The number of fused-ring (bicyclic) bond motifs is 1. The lowest BCUT2D eigenvalue weighted by Gasteiger charge is -2.21. The van der Waals surface area contributed by atoms with Crippen molar-refractivity contribution in [2.45, 2.75) is 24.3 Å². The number of rotatable bonds is 2. The summed E-state index contributed by atoms with van der Waals surface area (Å²) in [5.41, 5.74) is 1.51. The number of halogens is 1. The minimum absolute atomic E-state index is 0.0259. The number of hydrogen-bond donors (Lipinski definition) is 1. The molecule has 2 N–H and O–H groups in total. The number of primary sulfonamides is 1. The van der Waals surface area contributed by atoms with Crippen molar-refractivity contribution < 1.29 is 13.2 Å². The number of carbonyl (C=O) groups excluding carboxylic acids is 1. The number of amides is 1. The van der Waals surface area contributed by atoms with Crippen LogP contribution in [0.25, 0.3) is 0 Å². The highest BCUT2D eigenvalue weighted by Gasteiger charge is 2.31. The minimum atomic E-state index is -3.71. The van der Waals surface area contributed by atoms with E-state index in [2.05, 4.69) is 0 Å². The normalized spacial score (nSPS) is 18.8. The average molecular weight is 289 g/mol. The van der Waals surface area contributed by atoms with E-state index in [4.69, 9.17) is 16.7 Å². The average Bonchev–Trinajstić information content (AvgIpc) is 2.61. The Morgan fingerprint density at radius 3 is 2.78 bits per heavy atom. The number of carbonyl (C=O) groups is 1. The predicted octanol–water partition coefficient (Wildman–Crippen LogP) is 0.850. The van der Waals surface area contributed by atoms with E-state index < -0.39 is 10.0 Å². The topological polar surface area (TPSA) is 80.5 Å². The molecular formula is C11H13ClN2O3S. The van der Waals surface area contributed by atoms with E-state index in [1.807, 2.05) is 6.92 Å². The third-order valence-corrected chi connectivity index (χ3v) is 4.12. The number of nitrogens with two attached hydrogens (primary N) is 1. The third-order valence-electron chi connectivity index (χ3n) is 2.98. The van der Waals surface area contributed by atoms with E-state index in [0.29, 0.717) is 12.1 Å². The van der Waals surface area contributed by atoms with Crippen LogP contribution in [-0.2, 0) is 21.2 Å². The maximum atomic E-state index is 11.7. The first kappa shape index (κ1) is 13.3. The number of sulfonamides is 1. The van der Waals surface area contributed by atoms with Gasteiger partial charge < -0.3 is 4.90 Å². The van der Waals surface area contributed by atoms with Crippen molar-refractivity contribution in [2.75, 3.05) is 10.8 Å². The first-order valence-corrected chi connectivity index (χ1v) is 7.46. The number of nitrogens with zero attached hydrogens (tertiary/aromatic N) is 1. The SMILES string of the molecule is CC1Cc2cc(S(N)(=O)=O)ccc2N1C(=O)CCl. The smallest absolute Gasteiger partial charge is 0.242 e. The minimum Gasteiger partial charge on any atom is -0.308 e. The lowest BCUT2D eigenvalue weighted by atomic mass is 10.1. The molecule has 1 aliphatic rings. The summed E-state index contributed by atoms with van der Waals surface area (Å²) in [4.78, 5) is 13.4. The number of benzene rings is 1. The fourth-order valence-electron chi connectivity index (χ4n) is 2.23. The second kappa shape index (κ2) is 4.53. The molecule has 0 saturated carbocycles. The summed E-state index contributed by atoms with van der Waals surface area (Å²) in [5, 5.41) is 5.08. The molecule has 5 nitrogen and oxygen atoms in total. The molecule has 7 heteroatoms. The van der Waals surface area contributed by atoms with Crippen LogP contribution >= 0.6 is 11.6 Å². The number of hydrogen-bond acceptors (Lipinski definition) is 3. The lowest BCUT2D eigenvalue weighted by molar-refractivity contribution is -0.116. The van der Waals surface area contributed by atoms with Gasteiger partial charge in [-0.15, -0.1) is 11.6 Å². The van der Waals surface area contributed by atoms with E-state index in [9.17, 15) is 13.2 Å². The molecule has 1 amide bonds. The molecule has 2 rings (SSSR count). The van der Waals surface area contributed by atoms with Crippen molar-refractivity contribution in [2.24, 2.45) is 5.14 Å². The second-order valence-electron chi connectivity index (χ2n) is 4.29. The maximum absolute atomic E-state index is 11.7. The van der Waals surface area contributed by atoms with Crippen LogP contribution < -0.4 is 10.0 Å². The Bertz CT molecular complexity index is 600. The maximum Gasteiger partial charge on any atom is 0.242 e. The van der Waals surface area contributed by atoms with E-state index in [1.54, 1.807) is 11.0 Å². The van der Waals surface area contributed by atoms with Crippen LogP contribution in [0.1, 0.15) is 12.5 Å². The van der Waals surface area contributed by atoms with Crippen LogP contribution in [0.3, 0.4) is 0 Å². The Hall–Kier alpha value is -1.11. The molecule has 1 unspecified atom stereocenters. The lowest BCUT2D eigenvalue weighted by Crippen LogP contribution is -2.36. The van der Waals surface area contributed by atoms with Gasteiger partial charge >= 0.3 is 0 Å². The molecule has 18 heavy (non-hydrogen) atoms. The zero-order valence-electron chi connectivity index (χ0n) is 9.76. The van der Waals surface area contributed by atoms with E-state index in [0.717, 1.165) is 5.56 Å². The molecule has 0 bridgehead atoms.